The first-order valence-corrected chi connectivity index (χ1v) is 9.77. The Morgan fingerprint density at radius 2 is 2.17 bits per heavy atom. The molecule has 0 unspecified atom stereocenters. The molecule has 9 heteroatoms. The van der Waals surface area contributed by atoms with Crippen LogP contribution >= 0.6 is 0 Å². The van der Waals surface area contributed by atoms with Gasteiger partial charge in [-0.25, -0.2) is 19.3 Å². The number of H-pyrrole nitrogens is 1. The lowest BCUT2D eigenvalue weighted by Crippen LogP contribution is -2.38. The highest BCUT2D eigenvalue weighted by atomic mass is 19.1. The molecule has 3 N–H and O–H groups in total. The Morgan fingerprint density at radius 3 is 3.00 bits per heavy atom. The average molecular weight is 399 g/mol. The van der Waals surface area contributed by atoms with Gasteiger partial charge in [0.1, 0.15) is 29.6 Å². The van der Waals surface area contributed by atoms with Crippen molar-refractivity contribution in [1.29, 1.82) is 0 Å². The van der Waals surface area contributed by atoms with E-state index in [4.69, 9.17) is 0 Å². The number of likely N-dealkylation sites (N-methyl/N-ethyl adjacent to an activating group) is 1. The largest absolute Gasteiger partial charge is 0.391 e. The third-order valence-corrected chi connectivity index (χ3v) is 5.08. The van der Waals surface area contributed by atoms with Crippen LogP contribution in [0.25, 0.3) is 11.0 Å². The van der Waals surface area contributed by atoms with Gasteiger partial charge in [0.15, 0.2) is 0 Å². The molecule has 1 fully saturated rings. The Labute approximate surface area is 168 Å². The summed E-state index contributed by atoms with van der Waals surface area (Å²) in [5.41, 5.74) is 1.45. The summed E-state index contributed by atoms with van der Waals surface area (Å²) in [6.07, 6.45) is 2.59. The fourth-order valence-electron chi connectivity index (χ4n) is 3.83. The van der Waals surface area contributed by atoms with Gasteiger partial charge in [0, 0.05) is 38.2 Å². The van der Waals surface area contributed by atoms with E-state index >= 15 is 0 Å². The Kier molecular flexibility index (Phi) is 5.59. The molecule has 0 aliphatic carbocycles. The van der Waals surface area contributed by atoms with Crippen molar-refractivity contribution in [3.05, 3.63) is 42.2 Å². The zero-order chi connectivity index (χ0) is 20.4. The molecule has 0 bridgehead atoms. The first kappa shape index (κ1) is 19.5. The molecular weight excluding hydrogens is 373 g/mol. The number of nitrogens with one attached hydrogen (secondary N) is 2. The van der Waals surface area contributed by atoms with Crippen LogP contribution in [0.4, 0.5) is 16.0 Å². The topological polar surface area (TPSA) is 93.2 Å². The van der Waals surface area contributed by atoms with Gasteiger partial charge in [-0.3, -0.25) is 0 Å². The molecule has 0 amide bonds. The monoisotopic (exact) mass is 399 g/mol. The van der Waals surface area contributed by atoms with Crippen molar-refractivity contribution in [2.75, 3.05) is 43.9 Å². The number of aliphatic hydroxyl groups is 1. The van der Waals surface area contributed by atoms with Gasteiger partial charge >= 0.3 is 0 Å². The summed E-state index contributed by atoms with van der Waals surface area (Å²) < 4.78 is 13.3. The Balaban J connectivity index is 1.39. The number of hydrogen-bond donors (Lipinski definition) is 3. The van der Waals surface area contributed by atoms with E-state index in [1.165, 1.54) is 12.1 Å². The zero-order valence-corrected chi connectivity index (χ0v) is 16.6. The number of halogens is 1. The summed E-state index contributed by atoms with van der Waals surface area (Å²) in [6.45, 7) is 2.06. The minimum Gasteiger partial charge on any atom is -0.391 e. The molecule has 1 aromatic carbocycles. The highest BCUT2D eigenvalue weighted by Gasteiger charge is 2.32. The van der Waals surface area contributed by atoms with Gasteiger partial charge in [-0.15, -0.1) is 0 Å². The maximum Gasteiger partial charge on any atom is 0.134 e. The van der Waals surface area contributed by atoms with Gasteiger partial charge in [0.2, 0.25) is 0 Å². The highest BCUT2D eigenvalue weighted by molar-refractivity contribution is 5.74. The van der Waals surface area contributed by atoms with Crippen LogP contribution in [0.5, 0.6) is 0 Å². The minimum atomic E-state index is -0.343. The number of hydrogen-bond acceptors (Lipinski definition) is 7. The number of aromatic amines is 1. The molecule has 8 nitrogen and oxygen atoms in total. The lowest BCUT2D eigenvalue weighted by molar-refractivity contribution is 0.191. The third-order valence-electron chi connectivity index (χ3n) is 5.08. The van der Waals surface area contributed by atoms with Crippen LogP contribution in [0.2, 0.25) is 0 Å². The van der Waals surface area contributed by atoms with Gasteiger partial charge < -0.3 is 25.2 Å². The Hall–Kier alpha value is -2.78. The second-order valence-electron chi connectivity index (χ2n) is 7.74. The third kappa shape index (κ3) is 4.63. The maximum atomic E-state index is 13.3. The number of aromatic nitrogens is 4. The first-order chi connectivity index (χ1) is 14.0. The number of imidazole rings is 1. The summed E-state index contributed by atoms with van der Waals surface area (Å²) >= 11 is 0. The highest BCUT2D eigenvalue weighted by Crippen LogP contribution is 2.25. The maximum absolute atomic E-state index is 13.3. The molecule has 3 heterocycles. The first-order valence-electron chi connectivity index (χ1n) is 9.77. The second kappa shape index (κ2) is 8.30. The van der Waals surface area contributed by atoms with Crippen molar-refractivity contribution >= 4 is 22.7 Å². The number of benzene rings is 1. The van der Waals surface area contributed by atoms with Crippen molar-refractivity contribution in [3.8, 4) is 0 Å². The molecule has 0 radical (unpaired) electrons. The number of aliphatic hydroxyl groups excluding tert-OH is 1. The van der Waals surface area contributed by atoms with Crippen LogP contribution in [0, 0.1) is 5.82 Å². The molecule has 2 aromatic heterocycles. The number of fused-ring (bicyclic) bond motifs is 1. The number of β-amino-alcohol motifs (C(OH)–C–C–N with tert-alkyl or cyclic N) is 1. The summed E-state index contributed by atoms with van der Waals surface area (Å²) in [7, 11) is 4.06. The van der Waals surface area contributed by atoms with E-state index in [1.807, 2.05) is 20.2 Å². The second-order valence-corrected chi connectivity index (χ2v) is 7.74. The van der Waals surface area contributed by atoms with Gasteiger partial charge in [0.25, 0.3) is 0 Å². The van der Waals surface area contributed by atoms with Crippen molar-refractivity contribution in [1.82, 2.24) is 24.8 Å². The summed E-state index contributed by atoms with van der Waals surface area (Å²) in [5, 5.41) is 13.4. The van der Waals surface area contributed by atoms with E-state index in [0.717, 1.165) is 35.9 Å². The van der Waals surface area contributed by atoms with Crippen molar-refractivity contribution in [2.45, 2.75) is 25.0 Å². The number of nitrogens with zero attached hydrogens (tertiary/aromatic N) is 5. The fraction of sp³-hybridized carbons (Fsp3) is 0.450. The normalized spacial score (nSPS) is 19.4. The van der Waals surface area contributed by atoms with Crippen LogP contribution in [-0.4, -0.2) is 75.8 Å². The minimum absolute atomic E-state index is 0.221. The molecule has 3 aromatic rings. The lowest BCUT2D eigenvalue weighted by atomic mass is 10.2. The van der Waals surface area contributed by atoms with Crippen LogP contribution in [0.1, 0.15) is 12.2 Å². The number of rotatable bonds is 7. The van der Waals surface area contributed by atoms with Crippen LogP contribution < -0.4 is 10.2 Å². The summed E-state index contributed by atoms with van der Waals surface area (Å²) in [4.78, 5) is 20.6. The molecule has 2 atom stereocenters. The average Bonchev–Trinajstić information content (AvgIpc) is 3.23. The zero-order valence-electron chi connectivity index (χ0n) is 16.6. The van der Waals surface area contributed by atoms with E-state index in [-0.39, 0.29) is 18.0 Å². The predicted molar refractivity (Wildman–Crippen MR) is 111 cm³/mol. The molecule has 4 rings (SSSR count). The van der Waals surface area contributed by atoms with Crippen molar-refractivity contribution in [2.24, 2.45) is 0 Å². The number of anilines is 2. The smallest absolute Gasteiger partial charge is 0.134 e. The van der Waals surface area contributed by atoms with E-state index in [2.05, 4.69) is 35.1 Å². The SMILES string of the molecule is CN(C)C[C@H]1C[C@@H](O)CN1c1cc(NCCc2nc3ccc(F)cc3[nH]2)ncn1. The van der Waals surface area contributed by atoms with Crippen molar-refractivity contribution < 1.29 is 9.50 Å². The summed E-state index contributed by atoms with van der Waals surface area (Å²) in [5.74, 6) is 2.05. The van der Waals surface area contributed by atoms with Crippen LogP contribution in [0.15, 0.2) is 30.6 Å². The van der Waals surface area contributed by atoms with E-state index < -0.39 is 0 Å². The molecule has 0 saturated carbocycles. The lowest BCUT2D eigenvalue weighted by Gasteiger charge is -2.27. The Morgan fingerprint density at radius 1 is 1.31 bits per heavy atom. The van der Waals surface area contributed by atoms with E-state index in [9.17, 15) is 9.50 Å². The molecule has 154 valence electrons. The molecule has 1 aliphatic rings. The molecule has 29 heavy (non-hydrogen) atoms. The quantitative estimate of drug-likeness (QED) is 0.556. The van der Waals surface area contributed by atoms with Crippen molar-refractivity contribution in [3.63, 3.8) is 0 Å². The van der Waals surface area contributed by atoms with Crippen LogP contribution in [-0.2, 0) is 6.42 Å². The van der Waals surface area contributed by atoms with Gasteiger partial charge in [-0.05, 0) is 38.7 Å². The Bertz CT molecular complexity index is 976. The van der Waals surface area contributed by atoms with E-state index in [0.29, 0.717) is 25.0 Å². The van der Waals surface area contributed by atoms with E-state index in [1.54, 1.807) is 12.4 Å². The fourth-order valence-corrected chi connectivity index (χ4v) is 3.83. The summed E-state index contributed by atoms with van der Waals surface area (Å²) in [6, 6.07) is 6.66. The molecule has 1 saturated heterocycles. The predicted octanol–water partition coefficient (Wildman–Crippen LogP) is 1.65. The van der Waals surface area contributed by atoms with Gasteiger partial charge in [-0.2, -0.15) is 0 Å². The van der Waals surface area contributed by atoms with Gasteiger partial charge in [0.05, 0.1) is 17.1 Å². The van der Waals surface area contributed by atoms with Crippen LogP contribution in [0.3, 0.4) is 0 Å². The molecule has 0 spiro atoms. The van der Waals surface area contributed by atoms with Gasteiger partial charge in [-0.1, -0.05) is 0 Å². The molecule has 1 aliphatic heterocycles. The standard InChI is InChI=1S/C20H26FN7O/c1-27(2)10-14-8-15(29)11-28(14)20-9-19(23-12-24-20)22-6-5-18-25-16-4-3-13(21)7-17(16)26-18/h3-4,7,9,12,14-15,29H,5-6,8,10-11H2,1-2H3,(H,25,26)(H,22,23,24)/t14-,15-/m1/s1. The molecular formula is C20H26FN7O.